The van der Waals surface area contributed by atoms with Crippen molar-refractivity contribution in [3.05, 3.63) is 65.0 Å². The lowest BCUT2D eigenvalue weighted by molar-refractivity contribution is -0.384. The molecule has 0 unspecified atom stereocenters. The normalized spacial score (nSPS) is 11.6. The van der Waals surface area contributed by atoms with Crippen LogP contribution in [0.3, 0.4) is 0 Å². The summed E-state index contributed by atoms with van der Waals surface area (Å²) >= 11 is 0. The van der Waals surface area contributed by atoms with E-state index >= 15 is 0 Å². The van der Waals surface area contributed by atoms with Gasteiger partial charge in [0.05, 0.1) is 20.9 Å². The Labute approximate surface area is 119 Å². The Hall–Kier alpha value is -2.74. The summed E-state index contributed by atoms with van der Waals surface area (Å²) in [5.74, 6) is 0. The van der Waals surface area contributed by atoms with Crippen LogP contribution in [0.4, 0.5) is 5.69 Å². The summed E-state index contributed by atoms with van der Waals surface area (Å²) in [6.07, 6.45) is 1.15. The number of fused-ring (bicyclic) bond motifs is 1. The van der Waals surface area contributed by atoms with Crippen molar-refractivity contribution in [2.45, 2.75) is 4.90 Å². The van der Waals surface area contributed by atoms with Crippen molar-refractivity contribution in [2.75, 3.05) is 0 Å². The number of rotatable bonds is 3. The van der Waals surface area contributed by atoms with Gasteiger partial charge in [-0.3, -0.25) is 10.1 Å². The van der Waals surface area contributed by atoms with E-state index in [1.54, 1.807) is 18.2 Å². The summed E-state index contributed by atoms with van der Waals surface area (Å²) in [5, 5.41) is 10.8. The van der Waals surface area contributed by atoms with E-state index in [0.29, 0.717) is 5.52 Å². The molecule has 2 aromatic carbocycles. The van der Waals surface area contributed by atoms with Crippen LogP contribution in [0.1, 0.15) is 0 Å². The molecule has 0 amide bonds. The molecule has 3 rings (SSSR count). The first-order chi connectivity index (χ1) is 10.00. The van der Waals surface area contributed by atoms with Gasteiger partial charge >= 0.3 is 0 Å². The van der Waals surface area contributed by atoms with Crippen molar-refractivity contribution in [1.29, 1.82) is 0 Å². The van der Waals surface area contributed by atoms with Crippen molar-refractivity contribution >= 4 is 26.7 Å². The molecule has 8 heteroatoms. The number of non-ortho nitro benzene ring substituents is 1. The molecule has 0 saturated carbocycles. The third-order valence-corrected chi connectivity index (χ3v) is 4.69. The quantitative estimate of drug-likeness (QED) is 0.546. The van der Waals surface area contributed by atoms with Gasteiger partial charge in [0.15, 0.2) is 0 Å². The van der Waals surface area contributed by atoms with Gasteiger partial charge in [0.2, 0.25) is 0 Å². The number of imidazole rings is 1. The molecule has 7 nitrogen and oxygen atoms in total. The lowest BCUT2D eigenvalue weighted by atomic mass is 10.3. The lowest BCUT2D eigenvalue weighted by Crippen LogP contribution is -2.11. The topological polar surface area (TPSA) is 95.1 Å². The van der Waals surface area contributed by atoms with Crippen LogP contribution in [0.25, 0.3) is 11.0 Å². The first kappa shape index (κ1) is 13.3. The van der Waals surface area contributed by atoms with Crippen molar-refractivity contribution in [3.63, 3.8) is 0 Å². The highest BCUT2D eigenvalue weighted by atomic mass is 32.2. The molecular formula is C13H9N3O4S. The Bertz CT molecular complexity index is 932. The van der Waals surface area contributed by atoms with Gasteiger partial charge in [0.25, 0.3) is 15.7 Å². The van der Waals surface area contributed by atoms with Gasteiger partial charge in [-0.2, -0.15) is 0 Å². The highest BCUT2D eigenvalue weighted by Gasteiger charge is 2.20. The molecule has 1 aromatic heterocycles. The summed E-state index contributed by atoms with van der Waals surface area (Å²) in [6, 6.07) is 11.7. The van der Waals surface area contributed by atoms with E-state index < -0.39 is 14.9 Å². The molecule has 0 aliphatic carbocycles. The molecule has 0 bridgehead atoms. The average Bonchev–Trinajstić information content (AvgIpc) is 2.91. The monoisotopic (exact) mass is 303 g/mol. The molecule has 0 spiro atoms. The molecule has 0 saturated heterocycles. The predicted molar refractivity (Wildman–Crippen MR) is 75.4 cm³/mol. The average molecular weight is 303 g/mol. The molecule has 0 N–H and O–H groups in total. The standard InChI is InChI=1S/C13H9N3O4S/c17-16(18)10-6-7-12-13(8-10)15(9-14-12)21(19,20)11-4-2-1-3-5-11/h1-9H. The van der Waals surface area contributed by atoms with Crippen molar-refractivity contribution in [1.82, 2.24) is 8.96 Å². The second-order valence-electron chi connectivity index (χ2n) is 4.29. The van der Waals surface area contributed by atoms with Gasteiger partial charge in [-0.25, -0.2) is 17.4 Å². The third-order valence-electron chi connectivity index (χ3n) is 3.01. The molecule has 0 aliphatic heterocycles. The largest absolute Gasteiger partial charge is 0.271 e. The Kier molecular flexibility index (Phi) is 2.95. The van der Waals surface area contributed by atoms with Crippen molar-refractivity contribution in [2.24, 2.45) is 0 Å². The molecule has 1 heterocycles. The maximum absolute atomic E-state index is 12.5. The van der Waals surface area contributed by atoms with Crippen LogP contribution in [-0.2, 0) is 10.0 Å². The first-order valence-electron chi connectivity index (χ1n) is 5.92. The van der Waals surface area contributed by atoms with E-state index in [0.717, 1.165) is 10.3 Å². The second-order valence-corrected chi connectivity index (χ2v) is 6.10. The van der Waals surface area contributed by atoms with Crippen LogP contribution in [-0.4, -0.2) is 22.3 Å². The minimum Gasteiger partial charge on any atom is -0.258 e. The molecule has 0 aliphatic rings. The first-order valence-corrected chi connectivity index (χ1v) is 7.36. The number of nitrogens with zero attached hydrogens (tertiary/aromatic N) is 3. The van der Waals surface area contributed by atoms with Crippen LogP contribution in [0, 0.1) is 10.1 Å². The summed E-state index contributed by atoms with van der Waals surface area (Å²) < 4.78 is 26.0. The fraction of sp³-hybridized carbons (Fsp3) is 0. The zero-order chi connectivity index (χ0) is 15.0. The van der Waals surface area contributed by atoms with Crippen LogP contribution in [0.5, 0.6) is 0 Å². The Morgan fingerprint density at radius 1 is 1.10 bits per heavy atom. The number of aromatic nitrogens is 2. The zero-order valence-corrected chi connectivity index (χ0v) is 11.4. The minimum absolute atomic E-state index is 0.0933. The minimum atomic E-state index is -3.83. The second kappa shape index (κ2) is 4.67. The van der Waals surface area contributed by atoms with Crippen LogP contribution in [0.2, 0.25) is 0 Å². The third kappa shape index (κ3) is 2.15. The number of benzene rings is 2. The van der Waals surface area contributed by atoms with Gasteiger partial charge in [0, 0.05) is 12.1 Å². The fourth-order valence-corrected chi connectivity index (χ4v) is 3.29. The van der Waals surface area contributed by atoms with E-state index in [1.165, 1.54) is 30.3 Å². The Balaban J connectivity index is 2.26. The van der Waals surface area contributed by atoms with E-state index in [2.05, 4.69) is 4.98 Å². The smallest absolute Gasteiger partial charge is 0.258 e. The van der Waals surface area contributed by atoms with Crippen LogP contribution < -0.4 is 0 Å². The summed E-state index contributed by atoms with van der Waals surface area (Å²) in [6.45, 7) is 0. The van der Waals surface area contributed by atoms with Gasteiger partial charge in [-0.15, -0.1) is 0 Å². The van der Waals surface area contributed by atoms with Gasteiger partial charge < -0.3 is 0 Å². The van der Waals surface area contributed by atoms with Crippen LogP contribution >= 0.6 is 0 Å². The summed E-state index contributed by atoms with van der Waals surface area (Å²) in [4.78, 5) is 14.3. The van der Waals surface area contributed by atoms with Gasteiger partial charge in [0.1, 0.15) is 6.33 Å². The SMILES string of the molecule is O=[N+]([O-])c1ccc2ncn(S(=O)(=O)c3ccccc3)c2c1. The maximum Gasteiger partial charge on any atom is 0.271 e. The highest BCUT2D eigenvalue weighted by Crippen LogP contribution is 2.23. The van der Waals surface area contributed by atoms with E-state index in [4.69, 9.17) is 0 Å². The fourth-order valence-electron chi connectivity index (χ4n) is 1.99. The number of nitro groups is 1. The maximum atomic E-state index is 12.5. The molecule has 106 valence electrons. The Morgan fingerprint density at radius 2 is 1.81 bits per heavy atom. The molecule has 21 heavy (non-hydrogen) atoms. The molecule has 3 aromatic rings. The number of hydrogen-bond acceptors (Lipinski definition) is 5. The molecule has 0 radical (unpaired) electrons. The predicted octanol–water partition coefficient (Wildman–Crippen LogP) is 2.18. The van der Waals surface area contributed by atoms with Crippen molar-refractivity contribution < 1.29 is 13.3 Å². The molecule has 0 fully saturated rings. The van der Waals surface area contributed by atoms with E-state index in [-0.39, 0.29) is 16.1 Å². The van der Waals surface area contributed by atoms with E-state index in [1.807, 2.05) is 0 Å². The number of nitro benzene ring substituents is 1. The summed E-state index contributed by atoms with van der Waals surface area (Å²) in [5.41, 5.74) is 0.362. The number of hydrogen-bond donors (Lipinski definition) is 0. The van der Waals surface area contributed by atoms with Gasteiger partial charge in [-0.1, -0.05) is 18.2 Å². The Morgan fingerprint density at radius 3 is 2.48 bits per heavy atom. The van der Waals surface area contributed by atoms with E-state index in [9.17, 15) is 18.5 Å². The lowest BCUT2D eigenvalue weighted by Gasteiger charge is -2.06. The van der Waals surface area contributed by atoms with Gasteiger partial charge in [-0.05, 0) is 18.2 Å². The van der Waals surface area contributed by atoms with Crippen LogP contribution in [0.15, 0.2) is 59.8 Å². The summed E-state index contributed by atoms with van der Waals surface area (Å²) in [7, 11) is -3.83. The highest BCUT2D eigenvalue weighted by molar-refractivity contribution is 7.90. The molecular weight excluding hydrogens is 294 g/mol. The molecule has 0 atom stereocenters. The van der Waals surface area contributed by atoms with Crippen molar-refractivity contribution in [3.8, 4) is 0 Å². The zero-order valence-electron chi connectivity index (χ0n) is 10.6.